The summed E-state index contributed by atoms with van der Waals surface area (Å²) in [6.45, 7) is 3.60. The highest BCUT2D eigenvalue weighted by Gasteiger charge is 2.27. The van der Waals surface area contributed by atoms with Gasteiger partial charge in [0.1, 0.15) is 10.7 Å². The number of benzene rings is 1. The molecule has 0 saturated carbocycles. The Morgan fingerprint density at radius 1 is 1.43 bits per heavy atom. The van der Waals surface area contributed by atoms with Gasteiger partial charge in [0, 0.05) is 19.1 Å². The van der Waals surface area contributed by atoms with Gasteiger partial charge in [-0.25, -0.2) is 22.3 Å². The van der Waals surface area contributed by atoms with Gasteiger partial charge in [-0.05, 0) is 38.0 Å². The number of rotatable bonds is 6. The number of sulfonamides is 1. The molecule has 1 aliphatic rings. The minimum absolute atomic E-state index is 0.300. The van der Waals surface area contributed by atoms with Gasteiger partial charge in [-0.2, -0.15) is 5.06 Å². The summed E-state index contributed by atoms with van der Waals surface area (Å²) >= 11 is 0. The third-order valence-electron chi connectivity index (χ3n) is 3.56. The first-order chi connectivity index (χ1) is 10.8. The third-order valence-corrected chi connectivity index (χ3v) is 5.11. The first kappa shape index (κ1) is 17.8. The van der Waals surface area contributed by atoms with Crippen molar-refractivity contribution in [2.24, 2.45) is 0 Å². The zero-order valence-electron chi connectivity index (χ0n) is 12.7. The van der Waals surface area contributed by atoms with Crippen molar-refractivity contribution < 1.29 is 27.5 Å². The molecule has 7 nitrogen and oxygen atoms in total. The Bertz CT molecular complexity index is 672. The Morgan fingerprint density at radius 2 is 2.09 bits per heavy atom. The van der Waals surface area contributed by atoms with E-state index in [9.17, 15) is 17.6 Å². The number of nitrogens with zero attached hydrogens (tertiary/aromatic N) is 1. The summed E-state index contributed by atoms with van der Waals surface area (Å²) in [5.41, 5.74) is -0.300. The molecule has 0 bridgehead atoms. The summed E-state index contributed by atoms with van der Waals surface area (Å²) in [6.07, 6.45) is 1.10. The number of hydroxylamine groups is 2. The number of piperidine rings is 1. The minimum Gasteiger partial charge on any atom is -0.478 e. The van der Waals surface area contributed by atoms with E-state index in [-0.39, 0.29) is 11.6 Å². The van der Waals surface area contributed by atoms with Crippen LogP contribution in [0.15, 0.2) is 23.1 Å². The van der Waals surface area contributed by atoms with Gasteiger partial charge >= 0.3 is 5.97 Å². The number of halogens is 1. The van der Waals surface area contributed by atoms with Gasteiger partial charge in [-0.1, -0.05) is 0 Å². The van der Waals surface area contributed by atoms with Crippen LogP contribution in [-0.4, -0.2) is 50.3 Å². The van der Waals surface area contributed by atoms with Crippen LogP contribution in [-0.2, 0) is 14.9 Å². The van der Waals surface area contributed by atoms with E-state index >= 15 is 0 Å². The highest BCUT2D eigenvalue weighted by Crippen LogP contribution is 2.19. The lowest BCUT2D eigenvalue weighted by atomic mass is 10.1. The summed E-state index contributed by atoms with van der Waals surface area (Å²) < 4.78 is 40.9. The van der Waals surface area contributed by atoms with Crippen molar-refractivity contribution in [2.45, 2.75) is 30.7 Å². The molecule has 1 fully saturated rings. The van der Waals surface area contributed by atoms with Crippen LogP contribution in [0.3, 0.4) is 0 Å². The number of aromatic carboxylic acids is 1. The van der Waals surface area contributed by atoms with Crippen molar-refractivity contribution in [2.75, 3.05) is 19.7 Å². The standard InChI is InChI=1S/C14H19FN2O5S/c1-2-22-17-7-5-11(6-8-17)16-23(20,21)13-4-3-10(14(18)19)9-12(13)15/h3-4,9,11,16H,2,5-8H2,1H3,(H,18,19). The Labute approximate surface area is 134 Å². The molecule has 0 unspecified atom stereocenters. The smallest absolute Gasteiger partial charge is 0.335 e. The first-order valence-electron chi connectivity index (χ1n) is 7.26. The average Bonchev–Trinajstić information content (AvgIpc) is 2.48. The van der Waals surface area contributed by atoms with Gasteiger partial charge < -0.3 is 5.11 Å². The molecule has 1 aromatic carbocycles. The van der Waals surface area contributed by atoms with Gasteiger partial charge in [0.2, 0.25) is 10.0 Å². The van der Waals surface area contributed by atoms with Gasteiger partial charge in [0.25, 0.3) is 0 Å². The van der Waals surface area contributed by atoms with Crippen molar-refractivity contribution >= 4 is 16.0 Å². The molecular formula is C14H19FN2O5S. The zero-order chi connectivity index (χ0) is 17.0. The monoisotopic (exact) mass is 346 g/mol. The topological polar surface area (TPSA) is 95.9 Å². The predicted molar refractivity (Wildman–Crippen MR) is 79.9 cm³/mol. The fourth-order valence-corrected chi connectivity index (χ4v) is 3.78. The molecule has 2 N–H and O–H groups in total. The maximum atomic E-state index is 13.9. The Balaban J connectivity index is 2.06. The second-order valence-corrected chi connectivity index (χ2v) is 6.88. The highest BCUT2D eigenvalue weighted by atomic mass is 32.2. The van der Waals surface area contributed by atoms with E-state index in [0.717, 1.165) is 12.1 Å². The maximum Gasteiger partial charge on any atom is 0.335 e. The van der Waals surface area contributed by atoms with Gasteiger partial charge in [-0.15, -0.1) is 0 Å². The second-order valence-electron chi connectivity index (χ2n) is 5.19. The van der Waals surface area contributed by atoms with E-state index in [1.165, 1.54) is 0 Å². The van der Waals surface area contributed by atoms with E-state index in [4.69, 9.17) is 9.94 Å². The molecule has 0 amide bonds. The molecule has 23 heavy (non-hydrogen) atoms. The van der Waals surface area contributed by atoms with Crippen molar-refractivity contribution in [3.8, 4) is 0 Å². The van der Waals surface area contributed by atoms with E-state index in [1.807, 2.05) is 6.92 Å². The second kappa shape index (κ2) is 7.35. The summed E-state index contributed by atoms with van der Waals surface area (Å²) in [4.78, 5) is 15.6. The molecule has 0 atom stereocenters. The van der Waals surface area contributed by atoms with Crippen LogP contribution in [0.4, 0.5) is 4.39 Å². The minimum atomic E-state index is -4.04. The van der Waals surface area contributed by atoms with Crippen molar-refractivity contribution in [1.82, 2.24) is 9.79 Å². The molecule has 0 spiro atoms. The van der Waals surface area contributed by atoms with Crippen LogP contribution in [0.2, 0.25) is 0 Å². The largest absolute Gasteiger partial charge is 0.478 e. The van der Waals surface area contributed by atoms with Crippen LogP contribution < -0.4 is 4.72 Å². The molecular weight excluding hydrogens is 327 g/mol. The molecule has 0 aromatic heterocycles. The normalized spacial score (nSPS) is 17.3. The molecule has 9 heteroatoms. The molecule has 1 saturated heterocycles. The maximum absolute atomic E-state index is 13.9. The lowest BCUT2D eigenvalue weighted by Crippen LogP contribution is -2.44. The average molecular weight is 346 g/mol. The van der Waals surface area contributed by atoms with Crippen LogP contribution in [0, 0.1) is 5.82 Å². The van der Waals surface area contributed by atoms with Crippen LogP contribution >= 0.6 is 0 Å². The molecule has 1 aromatic rings. The zero-order valence-corrected chi connectivity index (χ0v) is 13.5. The lowest BCUT2D eigenvalue weighted by Gasteiger charge is -2.31. The Kier molecular flexibility index (Phi) is 5.69. The molecule has 1 heterocycles. The summed E-state index contributed by atoms with van der Waals surface area (Å²) in [7, 11) is -4.04. The molecule has 0 radical (unpaired) electrons. The molecule has 1 aliphatic heterocycles. The summed E-state index contributed by atoms with van der Waals surface area (Å²) in [5.74, 6) is -2.40. The van der Waals surface area contributed by atoms with Gasteiger partial charge in [0.15, 0.2) is 0 Å². The number of carboxylic acid groups (broad SMARTS) is 1. The SMILES string of the molecule is CCON1CCC(NS(=O)(=O)c2ccc(C(=O)O)cc2F)CC1. The predicted octanol–water partition coefficient (Wildman–Crippen LogP) is 1.22. The Hall–Kier alpha value is -1.55. The van der Waals surface area contributed by atoms with E-state index in [1.54, 1.807) is 5.06 Å². The first-order valence-corrected chi connectivity index (χ1v) is 8.75. The van der Waals surface area contributed by atoms with Gasteiger partial charge in [0.05, 0.1) is 12.2 Å². The third kappa shape index (κ3) is 4.47. The number of hydrogen-bond donors (Lipinski definition) is 2. The highest BCUT2D eigenvalue weighted by molar-refractivity contribution is 7.89. The van der Waals surface area contributed by atoms with Crippen LogP contribution in [0.1, 0.15) is 30.1 Å². The quantitative estimate of drug-likeness (QED) is 0.804. The number of carbonyl (C=O) groups is 1. The van der Waals surface area contributed by atoms with Crippen LogP contribution in [0.5, 0.6) is 0 Å². The lowest BCUT2D eigenvalue weighted by molar-refractivity contribution is -0.166. The number of carboxylic acids is 1. The Morgan fingerprint density at radius 3 is 2.61 bits per heavy atom. The van der Waals surface area contributed by atoms with Gasteiger partial charge in [-0.3, -0.25) is 4.84 Å². The fourth-order valence-electron chi connectivity index (χ4n) is 2.42. The van der Waals surface area contributed by atoms with E-state index < -0.39 is 26.7 Å². The summed E-state index contributed by atoms with van der Waals surface area (Å²) in [6, 6.07) is 2.43. The number of nitrogens with one attached hydrogen (secondary N) is 1. The van der Waals surface area contributed by atoms with Crippen molar-refractivity contribution in [3.63, 3.8) is 0 Å². The molecule has 2 rings (SSSR count). The molecule has 0 aliphatic carbocycles. The number of hydrogen-bond acceptors (Lipinski definition) is 5. The van der Waals surface area contributed by atoms with E-state index in [0.29, 0.717) is 38.6 Å². The summed E-state index contributed by atoms with van der Waals surface area (Å²) in [5, 5.41) is 10.6. The van der Waals surface area contributed by atoms with Crippen LogP contribution in [0.25, 0.3) is 0 Å². The molecule has 128 valence electrons. The van der Waals surface area contributed by atoms with Crippen molar-refractivity contribution in [3.05, 3.63) is 29.6 Å². The van der Waals surface area contributed by atoms with E-state index in [2.05, 4.69) is 4.72 Å². The fraction of sp³-hybridized carbons (Fsp3) is 0.500. The van der Waals surface area contributed by atoms with Crippen molar-refractivity contribution in [1.29, 1.82) is 0 Å².